The summed E-state index contributed by atoms with van der Waals surface area (Å²) in [5.41, 5.74) is 8.65. The van der Waals surface area contributed by atoms with E-state index in [0.717, 1.165) is 24.4 Å². The van der Waals surface area contributed by atoms with Gasteiger partial charge in [-0.1, -0.05) is 12.1 Å². The van der Waals surface area contributed by atoms with Crippen molar-refractivity contribution < 1.29 is 9.84 Å². The van der Waals surface area contributed by atoms with Gasteiger partial charge in [-0.3, -0.25) is 0 Å². The number of nitrogen functional groups attached to an aromatic ring is 1. The first-order chi connectivity index (χ1) is 9.67. The van der Waals surface area contributed by atoms with Crippen molar-refractivity contribution in [1.82, 2.24) is 0 Å². The van der Waals surface area contributed by atoms with Gasteiger partial charge in [-0.05, 0) is 37.1 Å². The summed E-state index contributed by atoms with van der Waals surface area (Å²) in [5, 5.41) is 12.6. The number of hydrogen-bond acceptors (Lipinski definition) is 4. The molecule has 0 aliphatic rings. The number of nitrogens with two attached hydrogens (primary N) is 1. The number of ether oxygens (including phenoxy) is 1. The van der Waals surface area contributed by atoms with Crippen molar-refractivity contribution in [3.8, 4) is 11.5 Å². The van der Waals surface area contributed by atoms with Gasteiger partial charge in [0.1, 0.15) is 11.5 Å². The summed E-state index contributed by atoms with van der Waals surface area (Å²) in [4.78, 5) is 0. The molecule has 2 rings (SSSR count). The molecule has 0 saturated carbocycles. The second kappa shape index (κ2) is 6.70. The SMILES string of the molecule is CCOc1cc(N)cc(NCCc2ccc(O)cc2)c1. The number of aromatic hydroxyl groups is 1. The maximum Gasteiger partial charge on any atom is 0.123 e. The molecule has 0 bridgehead atoms. The molecule has 0 heterocycles. The summed E-state index contributed by atoms with van der Waals surface area (Å²) >= 11 is 0. The van der Waals surface area contributed by atoms with Crippen LogP contribution >= 0.6 is 0 Å². The lowest BCUT2D eigenvalue weighted by Gasteiger charge is -2.10. The van der Waals surface area contributed by atoms with Gasteiger partial charge in [-0.15, -0.1) is 0 Å². The van der Waals surface area contributed by atoms with Crippen LogP contribution in [0.2, 0.25) is 0 Å². The Balaban J connectivity index is 1.91. The van der Waals surface area contributed by atoms with Crippen molar-refractivity contribution in [2.45, 2.75) is 13.3 Å². The van der Waals surface area contributed by atoms with Gasteiger partial charge in [0, 0.05) is 30.1 Å². The zero-order chi connectivity index (χ0) is 14.4. The number of phenols is 1. The van der Waals surface area contributed by atoms with E-state index < -0.39 is 0 Å². The van der Waals surface area contributed by atoms with Crippen LogP contribution in [0.1, 0.15) is 12.5 Å². The number of phenolic OH excluding ortho intramolecular Hbond substituents is 1. The van der Waals surface area contributed by atoms with E-state index in [4.69, 9.17) is 10.5 Å². The zero-order valence-corrected chi connectivity index (χ0v) is 11.6. The minimum absolute atomic E-state index is 0.291. The van der Waals surface area contributed by atoms with Gasteiger partial charge in [0.05, 0.1) is 6.61 Å². The standard InChI is InChI=1S/C16H20N2O2/c1-2-20-16-10-13(17)9-14(11-16)18-8-7-12-3-5-15(19)6-4-12/h3-6,9-11,18-19H,2,7-8,17H2,1H3. The highest BCUT2D eigenvalue weighted by atomic mass is 16.5. The Morgan fingerprint density at radius 2 is 1.90 bits per heavy atom. The van der Waals surface area contributed by atoms with Gasteiger partial charge in [0.15, 0.2) is 0 Å². The van der Waals surface area contributed by atoms with Crippen molar-refractivity contribution in [1.29, 1.82) is 0 Å². The summed E-state index contributed by atoms with van der Waals surface area (Å²) in [5.74, 6) is 1.07. The topological polar surface area (TPSA) is 67.5 Å². The highest BCUT2D eigenvalue weighted by Crippen LogP contribution is 2.22. The third-order valence-corrected chi connectivity index (χ3v) is 2.92. The molecule has 0 radical (unpaired) electrons. The number of hydrogen-bond donors (Lipinski definition) is 3. The minimum Gasteiger partial charge on any atom is -0.508 e. The Hall–Kier alpha value is -2.36. The monoisotopic (exact) mass is 272 g/mol. The Bertz CT molecular complexity index is 553. The molecule has 0 aromatic heterocycles. The maximum atomic E-state index is 9.23. The number of nitrogens with one attached hydrogen (secondary N) is 1. The van der Waals surface area contributed by atoms with E-state index >= 15 is 0 Å². The molecule has 0 aliphatic carbocycles. The van der Waals surface area contributed by atoms with E-state index in [9.17, 15) is 5.11 Å². The van der Waals surface area contributed by atoms with E-state index in [1.807, 2.05) is 37.3 Å². The molecule has 20 heavy (non-hydrogen) atoms. The van der Waals surface area contributed by atoms with E-state index in [2.05, 4.69) is 5.32 Å². The van der Waals surface area contributed by atoms with Crippen LogP contribution < -0.4 is 15.8 Å². The smallest absolute Gasteiger partial charge is 0.123 e. The normalized spacial score (nSPS) is 10.2. The van der Waals surface area contributed by atoms with Gasteiger partial charge in [0.25, 0.3) is 0 Å². The molecule has 0 fully saturated rings. The number of anilines is 2. The van der Waals surface area contributed by atoms with E-state index in [-0.39, 0.29) is 0 Å². The van der Waals surface area contributed by atoms with Crippen molar-refractivity contribution >= 4 is 11.4 Å². The molecule has 2 aromatic carbocycles. The minimum atomic E-state index is 0.291. The number of benzene rings is 2. The zero-order valence-electron chi connectivity index (χ0n) is 11.6. The van der Waals surface area contributed by atoms with Crippen LogP contribution in [0.15, 0.2) is 42.5 Å². The first-order valence-electron chi connectivity index (χ1n) is 6.72. The fourth-order valence-corrected chi connectivity index (χ4v) is 1.99. The molecule has 0 spiro atoms. The van der Waals surface area contributed by atoms with E-state index in [0.29, 0.717) is 18.0 Å². The molecule has 0 atom stereocenters. The number of rotatable bonds is 6. The van der Waals surface area contributed by atoms with Crippen molar-refractivity contribution in [3.05, 3.63) is 48.0 Å². The first-order valence-corrected chi connectivity index (χ1v) is 6.72. The highest BCUT2D eigenvalue weighted by molar-refractivity contribution is 5.59. The van der Waals surface area contributed by atoms with Crippen molar-refractivity contribution in [2.75, 3.05) is 24.2 Å². The Kier molecular flexibility index (Phi) is 4.71. The second-order valence-corrected chi connectivity index (χ2v) is 4.57. The fraction of sp³-hybridized carbons (Fsp3) is 0.250. The lowest BCUT2D eigenvalue weighted by molar-refractivity contribution is 0.340. The average Bonchev–Trinajstić information content (AvgIpc) is 2.41. The van der Waals surface area contributed by atoms with Crippen LogP contribution in [0.5, 0.6) is 11.5 Å². The molecular weight excluding hydrogens is 252 g/mol. The second-order valence-electron chi connectivity index (χ2n) is 4.57. The molecule has 4 nitrogen and oxygen atoms in total. The van der Waals surface area contributed by atoms with Crippen LogP contribution in [-0.4, -0.2) is 18.3 Å². The van der Waals surface area contributed by atoms with E-state index in [1.54, 1.807) is 12.1 Å². The first kappa shape index (κ1) is 14.1. The van der Waals surface area contributed by atoms with Crippen LogP contribution in [0, 0.1) is 0 Å². The van der Waals surface area contributed by atoms with Crippen LogP contribution in [0.3, 0.4) is 0 Å². The van der Waals surface area contributed by atoms with Gasteiger partial charge in [-0.2, -0.15) is 0 Å². The van der Waals surface area contributed by atoms with E-state index in [1.165, 1.54) is 5.56 Å². The highest BCUT2D eigenvalue weighted by Gasteiger charge is 2.00. The molecule has 2 aromatic rings. The summed E-state index contributed by atoms with van der Waals surface area (Å²) in [6.07, 6.45) is 0.874. The summed E-state index contributed by atoms with van der Waals surface area (Å²) in [6, 6.07) is 12.9. The summed E-state index contributed by atoms with van der Waals surface area (Å²) in [7, 11) is 0. The molecule has 0 aliphatic heterocycles. The molecule has 4 N–H and O–H groups in total. The average molecular weight is 272 g/mol. The predicted octanol–water partition coefficient (Wildman–Crippen LogP) is 3.03. The summed E-state index contributed by atoms with van der Waals surface area (Å²) in [6.45, 7) is 3.36. The predicted molar refractivity (Wildman–Crippen MR) is 82.3 cm³/mol. The molecule has 0 saturated heterocycles. The quantitative estimate of drug-likeness (QED) is 0.707. The van der Waals surface area contributed by atoms with Gasteiger partial charge in [0.2, 0.25) is 0 Å². The van der Waals surface area contributed by atoms with Crippen LogP contribution in [0.4, 0.5) is 11.4 Å². The summed E-state index contributed by atoms with van der Waals surface area (Å²) < 4.78 is 5.46. The Morgan fingerprint density at radius 3 is 2.60 bits per heavy atom. The van der Waals surface area contributed by atoms with Crippen LogP contribution in [0.25, 0.3) is 0 Å². The Labute approximate surface area is 119 Å². The third kappa shape index (κ3) is 4.09. The molecule has 0 amide bonds. The third-order valence-electron chi connectivity index (χ3n) is 2.92. The lowest BCUT2D eigenvalue weighted by Crippen LogP contribution is -2.05. The van der Waals surface area contributed by atoms with Gasteiger partial charge in [-0.25, -0.2) is 0 Å². The molecule has 4 heteroatoms. The molecule has 0 unspecified atom stereocenters. The molecule has 106 valence electrons. The van der Waals surface area contributed by atoms with Gasteiger partial charge < -0.3 is 20.9 Å². The molecular formula is C16H20N2O2. The van der Waals surface area contributed by atoms with Crippen molar-refractivity contribution in [3.63, 3.8) is 0 Å². The Morgan fingerprint density at radius 1 is 1.15 bits per heavy atom. The lowest BCUT2D eigenvalue weighted by atomic mass is 10.1. The van der Waals surface area contributed by atoms with Crippen LogP contribution in [-0.2, 0) is 6.42 Å². The van der Waals surface area contributed by atoms with Gasteiger partial charge >= 0.3 is 0 Å². The van der Waals surface area contributed by atoms with Crippen molar-refractivity contribution in [2.24, 2.45) is 0 Å². The maximum absolute atomic E-state index is 9.23. The largest absolute Gasteiger partial charge is 0.508 e. The fourth-order valence-electron chi connectivity index (χ4n) is 1.99.